The third-order valence-corrected chi connectivity index (χ3v) is 6.60. The average molecular weight is 506 g/mol. The Kier molecular flexibility index (Phi) is 8.53. The van der Waals surface area contributed by atoms with E-state index < -0.39 is 28.6 Å². The van der Waals surface area contributed by atoms with Gasteiger partial charge >= 0.3 is 16.2 Å². The lowest BCUT2D eigenvalue weighted by atomic mass is 10.1. The minimum absolute atomic E-state index is 0.00650. The first-order chi connectivity index (χ1) is 16.7. The summed E-state index contributed by atoms with van der Waals surface area (Å²) < 4.78 is 36.9. The second kappa shape index (κ2) is 11.6. The first kappa shape index (κ1) is 25.8. The maximum atomic E-state index is 12.1. The summed E-state index contributed by atoms with van der Waals surface area (Å²) in [5, 5.41) is 13.0. The number of carbonyl (C=O) groups excluding carboxylic acids is 3. The van der Waals surface area contributed by atoms with E-state index in [1.165, 1.54) is 19.2 Å². The number of phenolic OH excluding ortho intramolecular Hbond substituents is 1. The highest BCUT2D eigenvalue weighted by atomic mass is 32.2. The molecule has 3 N–H and O–H groups in total. The number of nitrogens with zero attached hydrogens (tertiary/aromatic N) is 1. The number of amides is 2. The van der Waals surface area contributed by atoms with Gasteiger partial charge in [0, 0.05) is 13.0 Å². The predicted molar refractivity (Wildman–Crippen MR) is 126 cm³/mol. The van der Waals surface area contributed by atoms with E-state index in [1.54, 1.807) is 30.3 Å². The van der Waals surface area contributed by atoms with Crippen LogP contribution in [0.5, 0.6) is 11.5 Å². The number of carbonyl (C=O) groups is 3. The molecule has 0 unspecified atom stereocenters. The third-order valence-electron chi connectivity index (χ3n) is 5.21. The number of hydrogen-bond donors (Lipinski definition) is 3. The van der Waals surface area contributed by atoms with Gasteiger partial charge in [-0.15, -0.1) is 0 Å². The van der Waals surface area contributed by atoms with Crippen molar-refractivity contribution in [3.05, 3.63) is 53.6 Å². The van der Waals surface area contributed by atoms with Gasteiger partial charge in [-0.1, -0.05) is 18.2 Å². The van der Waals surface area contributed by atoms with Crippen LogP contribution in [0, 0.1) is 0 Å². The maximum absolute atomic E-state index is 12.1. The number of nitrogens with one attached hydrogen (secondary N) is 2. The molecule has 0 spiro atoms. The normalized spacial score (nSPS) is 14.3. The van der Waals surface area contributed by atoms with Crippen LogP contribution in [0.3, 0.4) is 0 Å². The van der Waals surface area contributed by atoms with E-state index >= 15 is 0 Å². The van der Waals surface area contributed by atoms with Crippen molar-refractivity contribution in [3.8, 4) is 11.5 Å². The second-order valence-electron chi connectivity index (χ2n) is 7.75. The van der Waals surface area contributed by atoms with Crippen molar-refractivity contribution in [1.29, 1.82) is 0 Å². The van der Waals surface area contributed by atoms with E-state index in [-0.39, 0.29) is 23.8 Å². The Morgan fingerprint density at radius 2 is 1.94 bits per heavy atom. The van der Waals surface area contributed by atoms with Gasteiger partial charge < -0.3 is 19.9 Å². The van der Waals surface area contributed by atoms with Crippen LogP contribution >= 0.6 is 0 Å². The van der Waals surface area contributed by atoms with E-state index in [2.05, 4.69) is 5.32 Å². The molecule has 0 saturated carbocycles. The van der Waals surface area contributed by atoms with Gasteiger partial charge in [0.15, 0.2) is 0 Å². The van der Waals surface area contributed by atoms with E-state index in [1.807, 2.05) is 4.72 Å². The zero-order chi connectivity index (χ0) is 25.4. The van der Waals surface area contributed by atoms with Gasteiger partial charge in [-0.3, -0.25) is 9.59 Å². The first-order valence-corrected chi connectivity index (χ1v) is 12.4. The zero-order valence-corrected chi connectivity index (χ0v) is 20.0. The van der Waals surface area contributed by atoms with Gasteiger partial charge in [-0.2, -0.15) is 8.42 Å². The quantitative estimate of drug-likeness (QED) is 0.305. The van der Waals surface area contributed by atoms with Gasteiger partial charge in [0.05, 0.1) is 19.4 Å². The molecule has 2 aromatic carbocycles. The minimum Gasteiger partial charge on any atom is -0.506 e. The number of aromatic hydroxyl groups is 1. The molecule has 1 heterocycles. The largest absolute Gasteiger partial charge is 0.506 e. The molecular formula is C23H27N3O8S. The topological polar surface area (TPSA) is 151 Å². The van der Waals surface area contributed by atoms with Crippen LogP contribution in [0.4, 0.5) is 5.69 Å². The number of unbranched alkanes of at least 4 members (excludes halogenated alkanes) is 1. The van der Waals surface area contributed by atoms with Crippen LogP contribution in [0.25, 0.3) is 0 Å². The molecule has 0 aromatic heterocycles. The fourth-order valence-corrected chi connectivity index (χ4v) is 4.61. The van der Waals surface area contributed by atoms with Crippen molar-refractivity contribution < 1.29 is 37.4 Å². The highest BCUT2D eigenvalue weighted by Crippen LogP contribution is 2.31. The van der Waals surface area contributed by atoms with Crippen LogP contribution < -0.4 is 19.1 Å². The van der Waals surface area contributed by atoms with Crippen LogP contribution in [0.1, 0.15) is 35.2 Å². The molecule has 2 aromatic rings. The molecule has 1 aliphatic heterocycles. The lowest BCUT2D eigenvalue weighted by Crippen LogP contribution is -2.29. The summed E-state index contributed by atoms with van der Waals surface area (Å²) in [6.07, 6.45) is 1.88. The lowest BCUT2D eigenvalue weighted by Gasteiger charge is -2.16. The fourth-order valence-electron chi connectivity index (χ4n) is 3.45. The monoisotopic (exact) mass is 505 g/mol. The number of aryl methyl sites for hydroxylation is 1. The number of methoxy groups -OCH3 is 1. The van der Waals surface area contributed by atoms with Gasteiger partial charge in [-0.05, 0) is 49.1 Å². The number of benzene rings is 2. The van der Waals surface area contributed by atoms with Crippen molar-refractivity contribution in [2.24, 2.45) is 0 Å². The SMILES string of the molecule is COC(=O)c1ccccc1OCCCCNC(=O)CCc1ccc(N2CC(=O)NS2(=O)=O)c(O)c1. The minimum atomic E-state index is -4.01. The van der Waals surface area contributed by atoms with Gasteiger partial charge in [-0.25, -0.2) is 13.8 Å². The van der Waals surface area contributed by atoms with Gasteiger partial charge in [0.1, 0.15) is 23.6 Å². The number of phenols is 1. The Balaban J connectivity index is 1.37. The number of anilines is 1. The highest BCUT2D eigenvalue weighted by Gasteiger charge is 2.35. The highest BCUT2D eigenvalue weighted by molar-refractivity contribution is 7.92. The standard InChI is InChI=1S/C23H27N3O8S/c1-33-23(30)17-6-2-3-7-20(17)34-13-5-4-12-24-21(28)11-9-16-8-10-18(19(27)14-16)26-15-22(29)25-35(26,31)32/h2-3,6-8,10,14,27H,4-5,9,11-13,15H2,1H3,(H,24,28)(H,25,29). The number of esters is 1. The molecule has 0 aliphatic carbocycles. The van der Waals surface area contributed by atoms with Crippen LogP contribution in [0.15, 0.2) is 42.5 Å². The summed E-state index contributed by atoms with van der Waals surface area (Å²) in [5.74, 6) is -1.16. The molecule has 11 nitrogen and oxygen atoms in total. The number of rotatable bonds is 11. The van der Waals surface area contributed by atoms with E-state index in [4.69, 9.17) is 9.47 Å². The zero-order valence-electron chi connectivity index (χ0n) is 19.2. The predicted octanol–water partition coefficient (Wildman–Crippen LogP) is 1.27. The maximum Gasteiger partial charge on any atom is 0.341 e. The summed E-state index contributed by atoms with van der Waals surface area (Å²) in [4.78, 5) is 35.2. The molecule has 3 rings (SSSR count). The molecule has 188 valence electrons. The Morgan fingerprint density at radius 3 is 2.63 bits per heavy atom. The summed E-state index contributed by atoms with van der Waals surface area (Å²) in [7, 11) is -2.70. The number of para-hydroxylation sites is 1. The summed E-state index contributed by atoms with van der Waals surface area (Å²) >= 11 is 0. The Hall–Kier alpha value is -3.80. The molecule has 1 aliphatic rings. The van der Waals surface area contributed by atoms with Crippen LogP contribution in [-0.2, 0) is 31.0 Å². The smallest absolute Gasteiger partial charge is 0.341 e. The number of hydrogen-bond acceptors (Lipinski definition) is 8. The fraction of sp³-hybridized carbons (Fsp3) is 0.348. The van der Waals surface area contributed by atoms with Gasteiger partial charge in [0.2, 0.25) is 5.91 Å². The molecule has 1 saturated heterocycles. The summed E-state index contributed by atoms with van der Waals surface area (Å²) in [6.45, 7) is 0.433. The Labute approximate surface area is 203 Å². The molecular weight excluding hydrogens is 478 g/mol. The molecule has 12 heteroatoms. The van der Waals surface area contributed by atoms with Crippen molar-refractivity contribution >= 4 is 33.7 Å². The van der Waals surface area contributed by atoms with Crippen molar-refractivity contribution in [1.82, 2.24) is 10.0 Å². The van der Waals surface area contributed by atoms with Crippen LogP contribution in [-0.4, -0.2) is 58.1 Å². The van der Waals surface area contributed by atoms with E-state index in [0.717, 1.165) is 4.31 Å². The molecule has 1 fully saturated rings. The van der Waals surface area contributed by atoms with Crippen molar-refractivity contribution in [3.63, 3.8) is 0 Å². The summed E-state index contributed by atoms with van der Waals surface area (Å²) in [6, 6.07) is 11.2. The van der Waals surface area contributed by atoms with Crippen LogP contribution in [0.2, 0.25) is 0 Å². The average Bonchev–Trinajstić information content (AvgIpc) is 3.11. The second-order valence-corrected chi connectivity index (χ2v) is 9.35. The molecule has 2 amide bonds. The third kappa shape index (κ3) is 6.85. The van der Waals surface area contributed by atoms with E-state index in [0.29, 0.717) is 49.3 Å². The van der Waals surface area contributed by atoms with Gasteiger partial charge in [0.25, 0.3) is 5.91 Å². The Morgan fingerprint density at radius 1 is 1.17 bits per heavy atom. The molecule has 0 bridgehead atoms. The number of ether oxygens (including phenoxy) is 2. The van der Waals surface area contributed by atoms with Crippen molar-refractivity contribution in [2.75, 3.05) is 31.1 Å². The Bertz CT molecular complexity index is 1200. The van der Waals surface area contributed by atoms with E-state index in [9.17, 15) is 27.9 Å². The van der Waals surface area contributed by atoms with Crippen molar-refractivity contribution in [2.45, 2.75) is 25.7 Å². The lowest BCUT2D eigenvalue weighted by molar-refractivity contribution is -0.121. The summed E-state index contributed by atoms with van der Waals surface area (Å²) in [5.41, 5.74) is 0.998. The molecule has 0 radical (unpaired) electrons. The molecule has 35 heavy (non-hydrogen) atoms. The molecule has 0 atom stereocenters. The first-order valence-electron chi connectivity index (χ1n) is 10.9.